The van der Waals surface area contributed by atoms with Crippen LogP contribution in [0.15, 0.2) is 18.3 Å². The molecule has 1 atom stereocenters. The molecule has 5 nitrogen and oxygen atoms in total. The van der Waals surface area contributed by atoms with Gasteiger partial charge in [-0.1, -0.05) is 0 Å². The van der Waals surface area contributed by atoms with Crippen LogP contribution in [0.5, 0.6) is 5.88 Å². The molecule has 98 valence electrons. The summed E-state index contributed by atoms with van der Waals surface area (Å²) in [4.78, 5) is 18.3. The molecule has 2 heterocycles. The van der Waals surface area contributed by atoms with Crippen molar-refractivity contribution < 1.29 is 14.3 Å². The average molecular weight is 250 g/mol. The number of ether oxygens (including phenoxy) is 2. The molecule has 0 radical (unpaired) electrons. The minimum Gasteiger partial charge on any atom is -0.477 e. The zero-order valence-corrected chi connectivity index (χ0v) is 10.8. The van der Waals surface area contributed by atoms with E-state index < -0.39 is 0 Å². The molecule has 1 aromatic rings. The van der Waals surface area contributed by atoms with Crippen molar-refractivity contribution >= 4 is 5.91 Å². The molecule has 5 heteroatoms. The molecule has 0 bridgehead atoms. The Morgan fingerprint density at radius 1 is 1.67 bits per heavy atom. The molecule has 0 saturated carbocycles. The second-order valence-corrected chi connectivity index (χ2v) is 4.22. The largest absolute Gasteiger partial charge is 0.477 e. The van der Waals surface area contributed by atoms with Crippen LogP contribution in [0, 0.1) is 0 Å². The lowest BCUT2D eigenvalue weighted by molar-refractivity contribution is -0.0125. The van der Waals surface area contributed by atoms with Crippen molar-refractivity contribution in [2.75, 3.05) is 26.3 Å². The summed E-state index contributed by atoms with van der Waals surface area (Å²) in [5.41, 5.74) is 0.522. The molecule has 0 unspecified atom stereocenters. The van der Waals surface area contributed by atoms with Crippen molar-refractivity contribution in [2.24, 2.45) is 0 Å². The summed E-state index contributed by atoms with van der Waals surface area (Å²) in [6.07, 6.45) is 1.71. The Balaban J connectivity index is 2.17. The van der Waals surface area contributed by atoms with E-state index in [2.05, 4.69) is 4.98 Å². The zero-order chi connectivity index (χ0) is 13.0. The van der Waals surface area contributed by atoms with Gasteiger partial charge in [-0.15, -0.1) is 0 Å². The number of nitrogens with zero attached hydrogens (tertiary/aromatic N) is 2. The molecule has 1 saturated heterocycles. The van der Waals surface area contributed by atoms with Crippen LogP contribution in [0.25, 0.3) is 0 Å². The fraction of sp³-hybridized carbons (Fsp3) is 0.538. The lowest BCUT2D eigenvalue weighted by Gasteiger charge is -2.31. The Morgan fingerprint density at radius 2 is 2.50 bits per heavy atom. The van der Waals surface area contributed by atoms with Crippen molar-refractivity contribution in [1.82, 2.24) is 9.88 Å². The summed E-state index contributed by atoms with van der Waals surface area (Å²) < 4.78 is 10.8. The van der Waals surface area contributed by atoms with E-state index in [0.717, 1.165) is 0 Å². The maximum absolute atomic E-state index is 12.4. The Kier molecular flexibility index (Phi) is 4.15. The molecule has 0 N–H and O–H groups in total. The standard InChI is InChI=1S/C13H18N2O3/c1-3-17-12-11(5-4-6-14-12)13(16)15-7-8-18-10(2)9-15/h4-6,10H,3,7-9H2,1-2H3/t10-/m0/s1. The quantitative estimate of drug-likeness (QED) is 0.812. The fourth-order valence-electron chi connectivity index (χ4n) is 1.98. The molecule has 1 aliphatic heterocycles. The zero-order valence-electron chi connectivity index (χ0n) is 10.8. The summed E-state index contributed by atoms with van der Waals surface area (Å²) >= 11 is 0. The molecular weight excluding hydrogens is 232 g/mol. The molecule has 0 spiro atoms. The highest BCUT2D eigenvalue weighted by Crippen LogP contribution is 2.18. The molecule has 18 heavy (non-hydrogen) atoms. The first-order valence-corrected chi connectivity index (χ1v) is 6.21. The van der Waals surface area contributed by atoms with Gasteiger partial charge in [-0.3, -0.25) is 4.79 Å². The number of amides is 1. The number of rotatable bonds is 3. The van der Waals surface area contributed by atoms with Gasteiger partial charge < -0.3 is 14.4 Å². The number of carbonyl (C=O) groups excluding carboxylic acids is 1. The Labute approximate surface area is 107 Å². The lowest BCUT2D eigenvalue weighted by atomic mass is 10.2. The van der Waals surface area contributed by atoms with Gasteiger partial charge in [0.1, 0.15) is 5.56 Å². The van der Waals surface area contributed by atoms with E-state index in [1.54, 1.807) is 23.2 Å². The number of pyridine rings is 1. The van der Waals surface area contributed by atoms with Crippen molar-refractivity contribution in [3.63, 3.8) is 0 Å². The van der Waals surface area contributed by atoms with E-state index in [-0.39, 0.29) is 12.0 Å². The molecule has 1 aliphatic rings. The second kappa shape index (κ2) is 5.82. The number of hydrogen-bond acceptors (Lipinski definition) is 4. The van der Waals surface area contributed by atoms with Gasteiger partial charge in [-0.05, 0) is 26.0 Å². The van der Waals surface area contributed by atoms with Crippen molar-refractivity contribution in [1.29, 1.82) is 0 Å². The highest BCUT2D eigenvalue weighted by Gasteiger charge is 2.24. The molecule has 1 aromatic heterocycles. The third-order valence-electron chi connectivity index (χ3n) is 2.81. The van der Waals surface area contributed by atoms with E-state index in [0.29, 0.717) is 37.7 Å². The Morgan fingerprint density at radius 3 is 3.22 bits per heavy atom. The van der Waals surface area contributed by atoms with Gasteiger partial charge in [0.05, 0.1) is 19.3 Å². The van der Waals surface area contributed by atoms with Gasteiger partial charge in [-0.2, -0.15) is 0 Å². The molecule has 0 aliphatic carbocycles. The van der Waals surface area contributed by atoms with Crippen molar-refractivity contribution in [3.05, 3.63) is 23.9 Å². The number of aromatic nitrogens is 1. The van der Waals surface area contributed by atoms with Crippen LogP contribution in [0.4, 0.5) is 0 Å². The maximum atomic E-state index is 12.4. The predicted octanol–water partition coefficient (Wildman–Crippen LogP) is 1.34. The topological polar surface area (TPSA) is 51.7 Å². The highest BCUT2D eigenvalue weighted by molar-refractivity contribution is 5.96. The third-order valence-corrected chi connectivity index (χ3v) is 2.81. The Hall–Kier alpha value is -1.62. The van der Waals surface area contributed by atoms with Crippen LogP contribution >= 0.6 is 0 Å². The van der Waals surface area contributed by atoms with Crippen LogP contribution in [-0.4, -0.2) is 48.2 Å². The molecule has 1 fully saturated rings. The normalized spacial score (nSPS) is 19.7. The molecule has 0 aromatic carbocycles. The number of morpholine rings is 1. The average Bonchev–Trinajstić information content (AvgIpc) is 2.39. The van der Waals surface area contributed by atoms with Crippen molar-refractivity contribution in [3.8, 4) is 5.88 Å². The monoisotopic (exact) mass is 250 g/mol. The SMILES string of the molecule is CCOc1ncccc1C(=O)N1CCO[C@@H](C)C1. The Bertz CT molecular complexity index is 422. The van der Waals surface area contributed by atoms with Gasteiger partial charge in [0, 0.05) is 19.3 Å². The van der Waals surface area contributed by atoms with E-state index >= 15 is 0 Å². The summed E-state index contributed by atoms with van der Waals surface area (Å²) in [7, 11) is 0. The van der Waals surface area contributed by atoms with Gasteiger partial charge in [0.15, 0.2) is 0 Å². The smallest absolute Gasteiger partial charge is 0.259 e. The van der Waals surface area contributed by atoms with E-state index in [1.807, 2.05) is 13.8 Å². The number of carbonyl (C=O) groups is 1. The first kappa shape index (κ1) is 12.8. The summed E-state index contributed by atoms with van der Waals surface area (Å²) in [5.74, 6) is 0.367. The predicted molar refractivity (Wildman–Crippen MR) is 66.7 cm³/mol. The highest BCUT2D eigenvalue weighted by atomic mass is 16.5. The van der Waals surface area contributed by atoms with Crippen molar-refractivity contribution in [2.45, 2.75) is 20.0 Å². The molecular formula is C13H18N2O3. The minimum absolute atomic E-state index is 0.0401. The fourth-order valence-corrected chi connectivity index (χ4v) is 1.98. The van der Waals surface area contributed by atoms with Gasteiger partial charge in [-0.25, -0.2) is 4.98 Å². The summed E-state index contributed by atoms with van der Waals surface area (Å²) in [6, 6.07) is 3.50. The van der Waals surface area contributed by atoms with Crippen LogP contribution < -0.4 is 4.74 Å². The van der Waals surface area contributed by atoms with Gasteiger partial charge in [0.25, 0.3) is 5.91 Å². The minimum atomic E-state index is -0.0401. The summed E-state index contributed by atoms with van der Waals surface area (Å²) in [6.45, 7) is 6.14. The van der Waals surface area contributed by atoms with Crippen LogP contribution in [0.2, 0.25) is 0 Å². The summed E-state index contributed by atoms with van der Waals surface area (Å²) in [5, 5.41) is 0. The van der Waals surface area contributed by atoms with Crippen LogP contribution in [0.1, 0.15) is 24.2 Å². The van der Waals surface area contributed by atoms with Gasteiger partial charge >= 0.3 is 0 Å². The first-order valence-electron chi connectivity index (χ1n) is 6.21. The maximum Gasteiger partial charge on any atom is 0.259 e. The molecule has 2 rings (SSSR count). The first-order chi connectivity index (χ1) is 8.72. The van der Waals surface area contributed by atoms with Crippen LogP contribution in [-0.2, 0) is 4.74 Å². The molecule has 1 amide bonds. The van der Waals surface area contributed by atoms with Gasteiger partial charge in [0.2, 0.25) is 5.88 Å². The van der Waals surface area contributed by atoms with Crippen LogP contribution in [0.3, 0.4) is 0 Å². The lowest BCUT2D eigenvalue weighted by Crippen LogP contribution is -2.44. The van der Waals surface area contributed by atoms with E-state index in [4.69, 9.17) is 9.47 Å². The van der Waals surface area contributed by atoms with E-state index in [1.165, 1.54) is 0 Å². The number of hydrogen-bond donors (Lipinski definition) is 0. The van der Waals surface area contributed by atoms with E-state index in [9.17, 15) is 4.79 Å². The third kappa shape index (κ3) is 2.79. The second-order valence-electron chi connectivity index (χ2n) is 4.22.